The van der Waals surface area contributed by atoms with Crippen LogP contribution >= 0.6 is 11.3 Å². The van der Waals surface area contributed by atoms with Gasteiger partial charge < -0.3 is 10.5 Å². The van der Waals surface area contributed by atoms with Gasteiger partial charge in [-0.05, 0) is 18.4 Å². The highest BCUT2D eigenvalue weighted by Crippen LogP contribution is 2.37. The van der Waals surface area contributed by atoms with E-state index < -0.39 is 0 Å². The molecule has 0 saturated carbocycles. The van der Waals surface area contributed by atoms with Gasteiger partial charge in [-0.15, -0.1) is 11.3 Å². The molecular weight excluding hydrogens is 170 g/mol. The number of ether oxygens (including phenoxy) is 1. The van der Waals surface area contributed by atoms with Crippen LogP contribution in [0.25, 0.3) is 0 Å². The maximum absolute atomic E-state index is 5.95. The van der Waals surface area contributed by atoms with Crippen molar-refractivity contribution in [2.45, 2.75) is 18.4 Å². The van der Waals surface area contributed by atoms with E-state index >= 15 is 0 Å². The fraction of sp³-hybridized carbons (Fsp3) is 0.556. The fourth-order valence-electron chi connectivity index (χ4n) is 1.51. The highest BCUT2D eigenvalue weighted by Gasteiger charge is 2.44. The zero-order valence-corrected chi connectivity index (χ0v) is 7.93. The standard InChI is InChI=1S/C9H13NOS/c1-7(10)9(5-11-6-9)8-3-2-4-12-8/h2-4,7H,5-6,10H2,1H3. The van der Waals surface area contributed by atoms with Crippen molar-refractivity contribution in [2.75, 3.05) is 13.2 Å². The summed E-state index contributed by atoms with van der Waals surface area (Å²) in [6.45, 7) is 3.62. The first kappa shape index (κ1) is 8.23. The summed E-state index contributed by atoms with van der Waals surface area (Å²) in [5.41, 5.74) is 6.07. The molecule has 1 unspecified atom stereocenters. The lowest BCUT2D eigenvalue weighted by molar-refractivity contribution is -0.0682. The Labute approximate surface area is 76.3 Å². The van der Waals surface area contributed by atoms with Gasteiger partial charge in [0, 0.05) is 10.9 Å². The Balaban J connectivity index is 2.29. The summed E-state index contributed by atoms with van der Waals surface area (Å²) in [7, 11) is 0. The van der Waals surface area contributed by atoms with E-state index in [1.54, 1.807) is 11.3 Å². The lowest BCUT2D eigenvalue weighted by atomic mass is 9.78. The monoisotopic (exact) mass is 183 g/mol. The summed E-state index contributed by atoms with van der Waals surface area (Å²) in [5.74, 6) is 0. The van der Waals surface area contributed by atoms with Crippen LogP contribution in [0.1, 0.15) is 11.8 Å². The number of hydrogen-bond acceptors (Lipinski definition) is 3. The van der Waals surface area contributed by atoms with E-state index in [0.29, 0.717) is 0 Å². The van der Waals surface area contributed by atoms with E-state index in [1.807, 2.05) is 0 Å². The van der Waals surface area contributed by atoms with Crippen LogP contribution in [-0.4, -0.2) is 19.3 Å². The lowest BCUT2D eigenvalue weighted by Crippen LogP contribution is -2.57. The van der Waals surface area contributed by atoms with E-state index in [4.69, 9.17) is 10.5 Å². The van der Waals surface area contributed by atoms with Crippen LogP contribution in [-0.2, 0) is 10.2 Å². The Morgan fingerprint density at radius 1 is 1.67 bits per heavy atom. The second-order valence-electron chi connectivity index (χ2n) is 3.41. The van der Waals surface area contributed by atoms with Crippen molar-refractivity contribution in [2.24, 2.45) is 5.73 Å². The van der Waals surface area contributed by atoms with E-state index in [0.717, 1.165) is 13.2 Å². The highest BCUT2D eigenvalue weighted by molar-refractivity contribution is 7.10. The van der Waals surface area contributed by atoms with E-state index in [1.165, 1.54) is 4.88 Å². The molecule has 0 radical (unpaired) electrons. The average Bonchev–Trinajstić information content (AvgIpc) is 2.35. The minimum atomic E-state index is 0.119. The van der Waals surface area contributed by atoms with Gasteiger partial charge in [0.1, 0.15) is 0 Å². The van der Waals surface area contributed by atoms with Gasteiger partial charge in [0.2, 0.25) is 0 Å². The molecule has 1 saturated heterocycles. The molecule has 12 heavy (non-hydrogen) atoms. The van der Waals surface area contributed by atoms with Crippen LogP contribution in [0.2, 0.25) is 0 Å². The van der Waals surface area contributed by atoms with Crippen molar-refractivity contribution in [3.8, 4) is 0 Å². The first-order chi connectivity index (χ1) is 5.76. The summed E-state index contributed by atoms with van der Waals surface area (Å²) >= 11 is 1.77. The molecule has 0 aromatic carbocycles. The molecule has 66 valence electrons. The molecule has 1 fully saturated rings. The van der Waals surface area contributed by atoms with Gasteiger partial charge in [-0.3, -0.25) is 0 Å². The first-order valence-corrected chi connectivity index (χ1v) is 5.01. The molecule has 1 aliphatic heterocycles. The Morgan fingerprint density at radius 3 is 2.75 bits per heavy atom. The van der Waals surface area contributed by atoms with Gasteiger partial charge in [0.05, 0.1) is 18.6 Å². The quantitative estimate of drug-likeness (QED) is 0.751. The van der Waals surface area contributed by atoms with Crippen molar-refractivity contribution in [3.63, 3.8) is 0 Å². The second kappa shape index (κ2) is 2.83. The van der Waals surface area contributed by atoms with E-state index in [9.17, 15) is 0 Å². The number of nitrogens with two attached hydrogens (primary N) is 1. The maximum Gasteiger partial charge on any atom is 0.0661 e. The number of thiophene rings is 1. The van der Waals surface area contributed by atoms with Gasteiger partial charge in [0.25, 0.3) is 0 Å². The number of rotatable bonds is 2. The normalized spacial score (nSPS) is 23.2. The molecule has 0 bridgehead atoms. The van der Waals surface area contributed by atoms with Crippen molar-refractivity contribution in [1.82, 2.24) is 0 Å². The molecule has 1 aromatic rings. The third kappa shape index (κ3) is 1.01. The van der Waals surface area contributed by atoms with Crippen molar-refractivity contribution < 1.29 is 4.74 Å². The first-order valence-electron chi connectivity index (χ1n) is 4.13. The van der Waals surface area contributed by atoms with E-state index in [2.05, 4.69) is 24.4 Å². The molecule has 2 N–H and O–H groups in total. The lowest BCUT2D eigenvalue weighted by Gasteiger charge is -2.43. The van der Waals surface area contributed by atoms with Gasteiger partial charge >= 0.3 is 0 Å². The van der Waals surface area contributed by atoms with Gasteiger partial charge in [0.15, 0.2) is 0 Å². The predicted octanol–water partition coefficient (Wildman–Crippen LogP) is 1.36. The van der Waals surface area contributed by atoms with Crippen LogP contribution in [0.15, 0.2) is 17.5 Å². The molecular formula is C9H13NOS. The molecule has 2 nitrogen and oxygen atoms in total. The van der Waals surface area contributed by atoms with Crippen molar-refractivity contribution >= 4 is 11.3 Å². The average molecular weight is 183 g/mol. The molecule has 3 heteroatoms. The fourth-order valence-corrected chi connectivity index (χ4v) is 2.51. The van der Waals surface area contributed by atoms with Crippen LogP contribution in [0.4, 0.5) is 0 Å². The van der Waals surface area contributed by atoms with Gasteiger partial charge in [-0.25, -0.2) is 0 Å². The van der Waals surface area contributed by atoms with Crippen LogP contribution < -0.4 is 5.73 Å². The topological polar surface area (TPSA) is 35.2 Å². The van der Waals surface area contributed by atoms with Crippen molar-refractivity contribution in [1.29, 1.82) is 0 Å². The molecule has 0 aliphatic carbocycles. The summed E-state index contributed by atoms with van der Waals surface area (Å²) < 4.78 is 5.25. The molecule has 1 aliphatic rings. The van der Waals surface area contributed by atoms with Crippen LogP contribution in [0.5, 0.6) is 0 Å². The Morgan fingerprint density at radius 2 is 2.42 bits per heavy atom. The minimum Gasteiger partial charge on any atom is -0.379 e. The summed E-state index contributed by atoms with van der Waals surface area (Å²) in [5, 5.41) is 2.10. The number of hydrogen-bond donors (Lipinski definition) is 1. The summed E-state index contributed by atoms with van der Waals surface area (Å²) in [6, 6.07) is 4.41. The maximum atomic E-state index is 5.95. The summed E-state index contributed by atoms with van der Waals surface area (Å²) in [6.07, 6.45) is 0. The molecule has 0 spiro atoms. The van der Waals surface area contributed by atoms with Crippen LogP contribution in [0, 0.1) is 0 Å². The Kier molecular flexibility index (Phi) is 1.94. The molecule has 1 atom stereocenters. The predicted molar refractivity (Wildman–Crippen MR) is 50.5 cm³/mol. The SMILES string of the molecule is CC(N)C1(c2cccs2)COC1. The minimum absolute atomic E-state index is 0.119. The highest BCUT2D eigenvalue weighted by atomic mass is 32.1. The summed E-state index contributed by atoms with van der Waals surface area (Å²) in [4.78, 5) is 1.36. The molecule has 0 amide bonds. The Hall–Kier alpha value is -0.380. The zero-order chi connectivity index (χ0) is 8.60. The zero-order valence-electron chi connectivity index (χ0n) is 7.12. The van der Waals surface area contributed by atoms with E-state index in [-0.39, 0.29) is 11.5 Å². The largest absolute Gasteiger partial charge is 0.379 e. The van der Waals surface area contributed by atoms with Gasteiger partial charge in [-0.2, -0.15) is 0 Å². The van der Waals surface area contributed by atoms with Gasteiger partial charge in [-0.1, -0.05) is 6.07 Å². The third-order valence-electron chi connectivity index (χ3n) is 2.60. The molecule has 2 heterocycles. The molecule has 1 aromatic heterocycles. The molecule has 2 rings (SSSR count). The van der Waals surface area contributed by atoms with Crippen molar-refractivity contribution in [3.05, 3.63) is 22.4 Å². The third-order valence-corrected chi connectivity index (χ3v) is 3.69. The second-order valence-corrected chi connectivity index (χ2v) is 4.36. The smallest absolute Gasteiger partial charge is 0.0661 e. The Bertz CT molecular complexity index is 252. The van der Waals surface area contributed by atoms with Crippen LogP contribution in [0.3, 0.4) is 0 Å².